The molecule has 0 saturated heterocycles. The highest BCUT2D eigenvalue weighted by Gasteiger charge is 2.08. The Balaban J connectivity index is 1.73. The summed E-state index contributed by atoms with van der Waals surface area (Å²) in [7, 11) is 0. The van der Waals surface area contributed by atoms with E-state index in [0.29, 0.717) is 0 Å². The van der Waals surface area contributed by atoms with Gasteiger partial charge in [-0.1, -0.05) is 48.3 Å². The van der Waals surface area contributed by atoms with E-state index < -0.39 is 0 Å². The van der Waals surface area contributed by atoms with Crippen molar-refractivity contribution < 1.29 is 9.26 Å². The first-order chi connectivity index (χ1) is 11.3. The third-order valence-electron chi connectivity index (χ3n) is 3.76. The minimum Gasteiger partial charge on any atom is -0.494 e. The molecule has 0 bridgehead atoms. The number of hydrogen-bond acceptors (Lipinski definition) is 3. The monoisotopic (exact) mass is 307 g/mol. The van der Waals surface area contributed by atoms with Crippen LogP contribution in [0.1, 0.15) is 25.3 Å². The Bertz CT molecular complexity index is 742. The average molecular weight is 307 g/mol. The minimum atomic E-state index is 0.760. The van der Waals surface area contributed by atoms with Crippen LogP contribution in [0.5, 0.6) is 5.75 Å². The van der Waals surface area contributed by atoms with Crippen molar-refractivity contribution >= 4 is 0 Å². The zero-order valence-electron chi connectivity index (χ0n) is 13.6. The van der Waals surface area contributed by atoms with Crippen molar-refractivity contribution in [1.29, 1.82) is 0 Å². The molecule has 0 saturated carbocycles. The van der Waals surface area contributed by atoms with E-state index >= 15 is 0 Å². The molecule has 0 amide bonds. The fourth-order valence-electron chi connectivity index (χ4n) is 2.32. The Morgan fingerprint density at radius 3 is 2.35 bits per heavy atom. The van der Waals surface area contributed by atoms with E-state index in [-0.39, 0.29) is 0 Å². The van der Waals surface area contributed by atoms with Gasteiger partial charge in [-0.05, 0) is 37.6 Å². The van der Waals surface area contributed by atoms with Crippen molar-refractivity contribution in [2.24, 2.45) is 0 Å². The van der Waals surface area contributed by atoms with Gasteiger partial charge in [0.25, 0.3) is 0 Å². The van der Waals surface area contributed by atoms with Crippen molar-refractivity contribution in [3.63, 3.8) is 0 Å². The summed E-state index contributed by atoms with van der Waals surface area (Å²) in [6.07, 6.45) is 2.21. The molecule has 0 fully saturated rings. The fourth-order valence-corrected chi connectivity index (χ4v) is 2.32. The zero-order valence-corrected chi connectivity index (χ0v) is 13.6. The maximum Gasteiger partial charge on any atom is 0.167 e. The lowest BCUT2D eigenvalue weighted by molar-refractivity contribution is 0.309. The lowest BCUT2D eigenvalue weighted by Crippen LogP contribution is -1.95. The first-order valence-electron chi connectivity index (χ1n) is 8.03. The molecule has 0 radical (unpaired) electrons. The van der Waals surface area contributed by atoms with Gasteiger partial charge in [-0.3, -0.25) is 0 Å². The van der Waals surface area contributed by atoms with E-state index in [1.54, 1.807) is 0 Å². The van der Waals surface area contributed by atoms with Crippen molar-refractivity contribution in [3.05, 3.63) is 60.2 Å². The van der Waals surface area contributed by atoms with Crippen molar-refractivity contribution in [2.45, 2.75) is 26.7 Å². The van der Waals surface area contributed by atoms with Crippen LogP contribution in [0.3, 0.4) is 0 Å². The Morgan fingerprint density at radius 2 is 1.65 bits per heavy atom. The summed E-state index contributed by atoms with van der Waals surface area (Å²) in [6.45, 7) is 4.99. The van der Waals surface area contributed by atoms with Gasteiger partial charge < -0.3 is 9.26 Å². The third kappa shape index (κ3) is 3.81. The molecule has 0 spiro atoms. The predicted molar refractivity (Wildman–Crippen MR) is 92.5 cm³/mol. The molecule has 1 aromatic heterocycles. The Labute approximate surface area is 136 Å². The lowest BCUT2D eigenvalue weighted by Gasteiger charge is -2.05. The second-order valence-electron chi connectivity index (χ2n) is 5.67. The van der Waals surface area contributed by atoms with Gasteiger partial charge in [-0.2, -0.15) is 0 Å². The number of hydrogen-bond donors (Lipinski definition) is 0. The molecule has 0 aliphatic carbocycles. The Kier molecular flexibility index (Phi) is 4.77. The number of aryl methyl sites for hydroxylation is 1. The van der Waals surface area contributed by atoms with E-state index in [0.717, 1.165) is 47.8 Å². The largest absolute Gasteiger partial charge is 0.494 e. The molecule has 23 heavy (non-hydrogen) atoms. The van der Waals surface area contributed by atoms with E-state index in [9.17, 15) is 0 Å². The van der Waals surface area contributed by atoms with Crippen LogP contribution in [-0.4, -0.2) is 11.8 Å². The Morgan fingerprint density at radius 1 is 0.957 bits per heavy atom. The molecular formula is C20H21NO2. The topological polar surface area (TPSA) is 35.3 Å². The van der Waals surface area contributed by atoms with Crippen LogP contribution in [-0.2, 0) is 0 Å². The maximum atomic E-state index is 5.68. The molecule has 118 valence electrons. The third-order valence-corrected chi connectivity index (χ3v) is 3.76. The highest BCUT2D eigenvalue weighted by atomic mass is 16.5. The molecule has 3 aromatic rings. The van der Waals surface area contributed by atoms with Gasteiger partial charge in [-0.25, -0.2) is 0 Å². The summed E-state index contributed by atoms with van der Waals surface area (Å²) < 4.78 is 11.2. The number of ether oxygens (including phenoxy) is 1. The van der Waals surface area contributed by atoms with Gasteiger partial charge in [0, 0.05) is 17.2 Å². The lowest BCUT2D eigenvalue weighted by atomic mass is 10.1. The fraction of sp³-hybridized carbons (Fsp3) is 0.250. The number of unbranched alkanes of at least 4 members (excludes halogenated alkanes) is 1. The number of rotatable bonds is 6. The van der Waals surface area contributed by atoms with E-state index in [4.69, 9.17) is 9.26 Å². The maximum absolute atomic E-state index is 5.68. The van der Waals surface area contributed by atoms with E-state index in [1.807, 2.05) is 30.3 Å². The van der Waals surface area contributed by atoms with Crippen LogP contribution >= 0.6 is 0 Å². The first kappa shape index (κ1) is 15.3. The molecule has 0 unspecified atom stereocenters. The van der Waals surface area contributed by atoms with Crippen molar-refractivity contribution in [1.82, 2.24) is 5.16 Å². The highest BCUT2D eigenvalue weighted by Crippen LogP contribution is 2.27. The molecular weight excluding hydrogens is 286 g/mol. The quantitative estimate of drug-likeness (QED) is 0.564. The van der Waals surface area contributed by atoms with Crippen molar-refractivity contribution in [3.8, 4) is 28.3 Å². The molecule has 0 N–H and O–H groups in total. The van der Waals surface area contributed by atoms with Gasteiger partial charge in [0.2, 0.25) is 0 Å². The molecule has 1 heterocycles. The van der Waals surface area contributed by atoms with Crippen LogP contribution in [0.4, 0.5) is 0 Å². The van der Waals surface area contributed by atoms with E-state index in [2.05, 4.69) is 43.3 Å². The van der Waals surface area contributed by atoms with Crippen LogP contribution in [0, 0.1) is 6.92 Å². The molecule has 2 aromatic carbocycles. The normalized spacial score (nSPS) is 10.7. The molecule has 0 atom stereocenters. The minimum absolute atomic E-state index is 0.760. The molecule has 0 aliphatic rings. The summed E-state index contributed by atoms with van der Waals surface area (Å²) in [4.78, 5) is 0. The van der Waals surface area contributed by atoms with Crippen molar-refractivity contribution in [2.75, 3.05) is 6.61 Å². The molecule has 0 aliphatic heterocycles. The summed E-state index contributed by atoms with van der Waals surface area (Å²) in [5, 5.41) is 4.17. The van der Waals surface area contributed by atoms with Crippen LogP contribution in [0.25, 0.3) is 22.6 Å². The summed E-state index contributed by atoms with van der Waals surface area (Å²) in [5.74, 6) is 1.65. The number of benzene rings is 2. The standard InChI is InChI=1S/C20H21NO2/c1-3-4-13-22-18-11-9-17(10-12-18)20-14-19(21-23-20)16-7-5-15(2)6-8-16/h5-12,14H,3-4,13H2,1-2H3. The SMILES string of the molecule is CCCCOc1ccc(-c2cc(-c3ccc(C)cc3)no2)cc1. The van der Waals surface area contributed by atoms with Gasteiger partial charge in [0.1, 0.15) is 11.4 Å². The Hall–Kier alpha value is -2.55. The highest BCUT2D eigenvalue weighted by molar-refractivity contribution is 5.67. The number of nitrogens with zero attached hydrogens (tertiary/aromatic N) is 1. The van der Waals surface area contributed by atoms with Gasteiger partial charge in [0.15, 0.2) is 5.76 Å². The van der Waals surface area contributed by atoms with Gasteiger partial charge in [-0.15, -0.1) is 0 Å². The molecule has 3 rings (SSSR count). The van der Waals surface area contributed by atoms with E-state index in [1.165, 1.54) is 5.56 Å². The smallest absolute Gasteiger partial charge is 0.167 e. The summed E-state index contributed by atoms with van der Waals surface area (Å²) >= 11 is 0. The second kappa shape index (κ2) is 7.14. The van der Waals surface area contributed by atoms with Gasteiger partial charge >= 0.3 is 0 Å². The van der Waals surface area contributed by atoms with Crippen LogP contribution in [0.15, 0.2) is 59.1 Å². The number of aromatic nitrogens is 1. The summed E-state index contributed by atoms with van der Waals surface area (Å²) in [6, 6.07) is 18.2. The van der Waals surface area contributed by atoms with Gasteiger partial charge in [0.05, 0.1) is 6.61 Å². The average Bonchev–Trinajstić information content (AvgIpc) is 3.06. The molecule has 3 nitrogen and oxygen atoms in total. The van der Waals surface area contributed by atoms with Crippen LogP contribution < -0.4 is 4.74 Å². The second-order valence-corrected chi connectivity index (χ2v) is 5.67. The first-order valence-corrected chi connectivity index (χ1v) is 8.03. The predicted octanol–water partition coefficient (Wildman–Crippen LogP) is 5.50. The summed E-state index contributed by atoms with van der Waals surface area (Å²) in [5.41, 5.74) is 4.14. The molecule has 3 heteroatoms. The zero-order chi connectivity index (χ0) is 16.1. The van der Waals surface area contributed by atoms with Crippen LogP contribution in [0.2, 0.25) is 0 Å².